The second-order valence-corrected chi connectivity index (χ2v) is 3.68. The van der Waals surface area contributed by atoms with Crippen molar-refractivity contribution in [3.05, 3.63) is 29.6 Å². The third-order valence-electron chi connectivity index (χ3n) is 2.64. The molecule has 80 valence electrons. The number of hydrogen-bond donors (Lipinski definition) is 1. The molecule has 0 radical (unpaired) electrons. The Balaban J connectivity index is 2.16. The fourth-order valence-corrected chi connectivity index (χ4v) is 1.75. The van der Waals surface area contributed by atoms with Gasteiger partial charge in [-0.3, -0.25) is 9.78 Å². The highest BCUT2D eigenvalue weighted by atomic mass is 16.2. The van der Waals surface area contributed by atoms with Crippen LogP contribution in [-0.4, -0.2) is 42.0 Å². The van der Waals surface area contributed by atoms with Gasteiger partial charge in [-0.25, -0.2) is 0 Å². The van der Waals surface area contributed by atoms with Gasteiger partial charge in [0.2, 0.25) is 0 Å². The molecule has 0 atom stereocenters. The zero-order chi connectivity index (χ0) is 10.7. The first kappa shape index (κ1) is 10.1. The highest BCUT2D eigenvalue weighted by molar-refractivity contribution is 5.95. The highest BCUT2D eigenvalue weighted by Gasteiger charge is 2.19. The number of piperazine rings is 1. The molecule has 2 heterocycles. The summed E-state index contributed by atoms with van der Waals surface area (Å²) in [6.07, 6.45) is 1.71. The number of nitrogens with one attached hydrogen (secondary N) is 1. The Labute approximate surface area is 89.3 Å². The van der Waals surface area contributed by atoms with Crippen LogP contribution in [0.15, 0.2) is 18.3 Å². The molecule has 0 saturated carbocycles. The van der Waals surface area contributed by atoms with E-state index in [0.29, 0.717) is 0 Å². The predicted molar refractivity (Wildman–Crippen MR) is 57.7 cm³/mol. The van der Waals surface area contributed by atoms with E-state index in [1.54, 1.807) is 6.20 Å². The van der Waals surface area contributed by atoms with E-state index >= 15 is 0 Å². The number of aromatic nitrogens is 1. The standard InChI is InChI=1S/C11H15N3O/c1-9-10(3-2-4-13-9)11(15)14-7-5-12-6-8-14/h2-4,12H,5-8H2,1H3. The molecule has 1 N–H and O–H groups in total. The predicted octanol–water partition coefficient (Wildman–Crippen LogP) is 0.435. The second-order valence-electron chi connectivity index (χ2n) is 3.68. The van der Waals surface area contributed by atoms with Gasteiger partial charge in [0.25, 0.3) is 5.91 Å². The summed E-state index contributed by atoms with van der Waals surface area (Å²) < 4.78 is 0. The van der Waals surface area contributed by atoms with Crippen LogP contribution < -0.4 is 5.32 Å². The molecule has 0 aromatic carbocycles. The van der Waals surface area contributed by atoms with E-state index in [2.05, 4.69) is 10.3 Å². The number of amides is 1. The summed E-state index contributed by atoms with van der Waals surface area (Å²) in [5.74, 6) is 0.0992. The van der Waals surface area contributed by atoms with Crippen LogP contribution in [0.25, 0.3) is 0 Å². The topological polar surface area (TPSA) is 45.2 Å². The van der Waals surface area contributed by atoms with Gasteiger partial charge in [-0.2, -0.15) is 0 Å². The molecule has 1 aromatic rings. The summed E-state index contributed by atoms with van der Waals surface area (Å²) in [6, 6.07) is 3.65. The van der Waals surface area contributed by atoms with Gasteiger partial charge >= 0.3 is 0 Å². The van der Waals surface area contributed by atoms with Gasteiger partial charge in [0.15, 0.2) is 0 Å². The van der Waals surface area contributed by atoms with Gasteiger partial charge in [-0.1, -0.05) is 0 Å². The molecule has 4 heteroatoms. The Bertz CT molecular complexity index is 359. The van der Waals surface area contributed by atoms with E-state index < -0.39 is 0 Å². The first-order valence-corrected chi connectivity index (χ1v) is 5.20. The van der Waals surface area contributed by atoms with E-state index in [0.717, 1.165) is 37.4 Å². The summed E-state index contributed by atoms with van der Waals surface area (Å²) in [6.45, 7) is 5.20. The first-order valence-electron chi connectivity index (χ1n) is 5.20. The minimum Gasteiger partial charge on any atom is -0.336 e. The number of rotatable bonds is 1. The van der Waals surface area contributed by atoms with Crippen LogP contribution in [0.2, 0.25) is 0 Å². The molecule has 1 aliphatic rings. The van der Waals surface area contributed by atoms with Crippen molar-refractivity contribution < 1.29 is 4.79 Å². The lowest BCUT2D eigenvalue weighted by Gasteiger charge is -2.27. The smallest absolute Gasteiger partial charge is 0.255 e. The van der Waals surface area contributed by atoms with Crippen molar-refractivity contribution in [1.82, 2.24) is 15.2 Å². The minimum absolute atomic E-state index is 0.0992. The molecule has 4 nitrogen and oxygen atoms in total. The van der Waals surface area contributed by atoms with Gasteiger partial charge in [0.05, 0.1) is 5.56 Å². The van der Waals surface area contributed by atoms with Crippen LogP contribution >= 0.6 is 0 Å². The van der Waals surface area contributed by atoms with Gasteiger partial charge in [-0.05, 0) is 19.1 Å². The lowest BCUT2D eigenvalue weighted by atomic mass is 10.1. The van der Waals surface area contributed by atoms with Crippen LogP contribution in [-0.2, 0) is 0 Å². The van der Waals surface area contributed by atoms with E-state index in [9.17, 15) is 4.79 Å². The van der Waals surface area contributed by atoms with Crippen molar-refractivity contribution in [2.45, 2.75) is 6.92 Å². The molecule has 1 aromatic heterocycles. The molecule has 0 bridgehead atoms. The van der Waals surface area contributed by atoms with Gasteiger partial charge in [0, 0.05) is 38.1 Å². The number of aryl methyl sites for hydroxylation is 1. The third-order valence-corrected chi connectivity index (χ3v) is 2.64. The zero-order valence-corrected chi connectivity index (χ0v) is 8.86. The van der Waals surface area contributed by atoms with Crippen LogP contribution in [0.1, 0.15) is 16.1 Å². The van der Waals surface area contributed by atoms with Gasteiger partial charge in [-0.15, -0.1) is 0 Å². The molecule has 0 spiro atoms. The maximum Gasteiger partial charge on any atom is 0.255 e. The lowest BCUT2D eigenvalue weighted by molar-refractivity contribution is 0.0734. The Kier molecular flexibility index (Phi) is 2.97. The third kappa shape index (κ3) is 2.15. The normalized spacial score (nSPS) is 16.5. The highest BCUT2D eigenvalue weighted by Crippen LogP contribution is 2.08. The Morgan fingerprint density at radius 3 is 2.87 bits per heavy atom. The SMILES string of the molecule is Cc1ncccc1C(=O)N1CCNCC1. The summed E-state index contributed by atoms with van der Waals surface area (Å²) in [4.78, 5) is 18.1. The molecule has 0 unspecified atom stereocenters. The van der Waals surface area contributed by atoms with Crippen molar-refractivity contribution >= 4 is 5.91 Å². The summed E-state index contributed by atoms with van der Waals surface area (Å²) >= 11 is 0. The number of pyridine rings is 1. The molecule has 1 fully saturated rings. The average molecular weight is 205 g/mol. The van der Waals surface area contributed by atoms with Crippen molar-refractivity contribution in [2.24, 2.45) is 0 Å². The molecule has 0 aliphatic carbocycles. The van der Waals surface area contributed by atoms with Crippen LogP contribution in [0.4, 0.5) is 0 Å². The van der Waals surface area contributed by atoms with Gasteiger partial charge in [0.1, 0.15) is 0 Å². The number of hydrogen-bond acceptors (Lipinski definition) is 3. The maximum absolute atomic E-state index is 12.1. The van der Waals surface area contributed by atoms with E-state index in [1.165, 1.54) is 0 Å². The molecule has 15 heavy (non-hydrogen) atoms. The van der Waals surface area contributed by atoms with Crippen molar-refractivity contribution in [3.63, 3.8) is 0 Å². The van der Waals surface area contributed by atoms with Crippen LogP contribution in [0, 0.1) is 6.92 Å². The Morgan fingerprint density at radius 1 is 1.47 bits per heavy atom. The van der Waals surface area contributed by atoms with E-state index in [4.69, 9.17) is 0 Å². The second kappa shape index (κ2) is 4.40. The Morgan fingerprint density at radius 2 is 2.20 bits per heavy atom. The number of carbonyl (C=O) groups excluding carboxylic acids is 1. The zero-order valence-electron chi connectivity index (χ0n) is 8.86. The fraction of sp³-hybridized carbons (Fsp3) is 0.455. The molecule has 1 amide bonds. The summed E-state index contributed by atoms with van der Waals surface area (Å²) in [5, 5.41) is 3.23. The largest absolute Gasteiger partial charge is 0.336 e. The fourth-order valence-electron chi connectivity index (χ4n) is 1.75. The van der Waals surface area contributed by atoms with Crippen molar-refractivity contribution in [2.75, 3.05) is 26.2 Å². The van der Waals surface area contributed by atoms with Crippen LogP contribution in [0.3, 0.4) is 0 Å². The van der Waals surface area contributed by atoms with Gasteiger partial charge < -0.3 is 10.2 Å². The van der Waals surface area contributed by atoms with E-state index in [-0.39, 0.29) is 5.91 Å². The average Bonchev–Trinajstić information content (AvgIpc) is 2.30. The summed E-state index contributed by atoms with van der Waals surface area (Å²) in [7, 11) is 0. The Hall–Kier alpha value is -1.42. The van der Waals surface area contributed by atoms with Crippen LogP contribution in [0.5, 0.6) is 0 Å². The molecule has 1 aliphatic heterocycles. The molecular weight excluding hydrogens is 190 g/mol. The van der Waals surface area contributed by atoms with E-state index in [1.807, 2.05) is 24.0 Å². The minimum atomic E-state index is 0.0992. The summed E-state index contributed by atoms with van der Waals surface area (Å²) in [5.41, 5.74) is 1.53. The maximum atomic E-state index is 12.1. The monoisotopic (exact) mass is 205 g/mol. The van der Waals surface area contributed by atoms with Crippen molar-refractivity contribution in [1.29, 1.82) is 0 Å². The number of carbonyl (C=O) groups is 1. The quantitative estimate of drug-likeness (QED) is 0.723. The molecular formula is C11H15N3O. The first-order chi connectivity index (χ1) is 7.29. The molecule has 1 saturated heterocycles. The number of nitrogens with zero attached hydrogens (tertiary/aromatic N) is 2. The van der Waals surface area contributed by atoms with Crippen molar-refractivity contribution in [3.8, 4) is 0 Å². The lowest BCUT2D eigenvalue weighted by Crippen LogP contribution is -2.46. The molecule has 2 rings (SSSR count).